The van der Waals surface area contributed by atoms with Crippen LogP contribution in [0.5, 0.6) is 0 Å². The van der Waals surface area contributed by atoms with Crippen molar-refractivity contribution in [3.63, 3.8) is 0 Å². The molecule has 0 aliphatic carbocycles. The van der Waals surface area contributed by atoms with Gasteiger partial charge in [0.25, 0.3) is 0 Å². The van der Waals surface area contributed by atoms with Crippen molar-refractivity contribution in [1.29, 1.82) is 5.41 Å². The normalized spacial score (nSPS) is 9.39. The van der Waals surface area contributed by atoms with Crippen molar-refractivity contribution >= 4 is 23.6 Å². The van der Waals surface area contributed by atoms with Crippen LogP contribution in [0, 0.1) is 5.41 Å². The molecule has 0 fully saturated rings. The quantitative estimate of drug-likeness (QED) is 0.414. The summed E-state index contributed by atoms with van der Waals surface area (Å²) in [6, 6.07) is 6.29. The van der Waals surface area contributed by atoms with E-state index in [1.807, 2.05) is 0 Å². The number of hydrogen-bond donors (Lipinski definition) is 3. The molecule has 0 atom stereocenters. The van der Waals surface area contributed by atoms with Crippen LogP contribution in [0.2, 0.25) is 0 Å². The lowest BCUT2D eigenvalue weighted by atomic mass is 10.2. The van der Waals surface area contributed by atoms with Gasteiger partial charge in [-0.2, -0.15) is 0 Å². The highest BCUT2D eigenvalue weighted by molar-refractivity contribution is 5.95. The fourth-order valence-electron chi connectivity index (χ4n) is 1.07. The summed E-state index contributed by atoms with van der Waals surface area (Å²) in [5, 5.41) is 9.60. The molecule has 0 saturated carbocycles. The first-order valence-electron chi connectivity index (χ1n) is 4.98. The summed E-state index contributed by atoms with van der Waals surface area (Å²) in [5.41, 5.74) is 6.29. The summed E-state index contributed by atoms with van der Waals surface area (Å²) >= 11 is 0. The minimum atomic E-state index is -0.768. The summed E-state index contributed by atoms with van der Waals surface area (Å²) in [6.45, 7) is -0.451. The molecule has 96 valence electrons. The summed E-state index contributed by atoms with van der Waals surface area (Å²) in [5.74, 6) is -0.702. The lowest BCUT2D eigenvalue weighted by molar-refractivity contribution is -0.143. The van der Waals surface area contributed by atoms with Gasteiger partial charge in [-0.3, -0.25) is 10.7 Å². The Morgan fingerprint density at radius 3 is 2.44 bits per heavy atom. The molecule has 0 bridgehead atoms. The molecule has 0 aromatic heterocycles. The molecule has 18 heavy (non-hydrogen) atoms. The number of rotatable bonds is 4. The first-order chi connectivity index (χ1) is 8.52. The van der Waals surface area contributed by atoms with Crippen LogP contribution >= 0.6 is 0 Å². The van der Waals surface area contributed by atoms with E-state index in [1.54, 1.807) is 24.3 Å². The van der Waals surface area contributed by atoms with Crippen molar-refractivity contribution < 1.29 is 19.1 Å². The Balaban J connectivity index is 2.49. The maximum atomic E-state index is 11.2. The minimum Gasteiger partial charge on any atom is -0.466 e. The van der Waals surface area contributed by atoms with Gasteiger partial charge in [-0.05, 0) is 24.3 Å². The van der Waals surface area contributed by atoms with Gasteiger partial charge >= 0.3 is 12.1 Å². The van der Waals surface area contributed by atoms with Crippen LogP contribution in [0.3, 0.4) is 0 Å². The Kier molecular flexibility index (Phi) is 4.67. The highest BCUT2D eigenvalue weighted by Crippen LogP contribution is 2.09. The number of methoxy groups -OCH3 is 1. The van der Waals surface area contributed by atoms with Crippen LogP contribution in [-0.2, 0) is 14.3 Å². The Morgan fingerprint density at radius 2 is 1.94 bits per heavy atom. The molecule has 1 amide bonds. The van der Waals surface area contributed by atoms with Gasteiger partial charge < -0.3 is 15.2 Å². The molecule has 0 aliphatic heterocycles. The number of nitrogens with two attached hydrogens (primary N) is 1. The predicted octanol–water partition coefficient (Wildman–Crippen LogP) is 0.692. The topological polar surface area (TPSA) is 114 Å². The number of carbonyl (C=O) groups excluding carboxylic acids is 2. The Hall–Kier alpha value is -2.57. The van der Waals surface area contributed by atoms with Crippen molar-refractivity contribution in [2.75, 3.05) is 19.0 Å². The van der Waals surface area contributed by atoms with Crippen LogP contribution in [0.4, 0.5) is 10.5 Å². The first-order valence-corrected chi connectivity index (χ1v) is 4.98. The summed E-state index contributed by atoms with van der Waals surface area (Å²) in [7, 11) is 1.20. The molecule has 0 heterocycles. The van der Waals surface area contributed by atoms with Crippen molar-refractivity contribution in [1.82, 2.24) is 0 Å². The lowest BCUT2D eigenvalue weighted by Crippen LogP contribution is -2.19. The second kappa shape index (κ2) is 6.24. The number of nitrogen functional groups attached to an aromatic ring is 1. The fourth-order valence-corrected chi connectivity index (χ4v) is 1.07. The third-order valence-electron chi connectivity index (χ3n) is 1.99. The second-order valence-corrected chi connectivity index (χ2v) is 3.27. The molecule has 1 rings (SSSR count). The van der Waals surface area contributed by atoms with Gasteiger partial charge in [0.05, 0.1) is 7.11 Å². The molecule has 1 aromatic carbocycles. The number of hydrogen-bond acceptors (Lipinski definition) is 5. The SMILES string of the molecule is COC(=O)COC(=O)Nc1ccc(C(=N)N)cc1. The van der Waals surface area contributed by atoms with Crippen LogP contribution in [0.1, 0.15) is 5.56 Å². The number of carbonyl (C=O) groups is 2. The van der Waals surface area contributed by atoms with Gasteiger partial charge in [-0.25, -0.2) is 9.59 Å². The average Bonchev–Trinajstić information content (AvgIpc) is 2.36. The highest BCUT2D eigenvalue weighted by Gasteiger charge is 2.07. The van der Waals surface area contributed by atoms with Gasteiger partial charge in [0.15, 0.2) is 6.61 Å². The van der Waals surface area contributed by atoms with Crippen LogP contribution < -0.4 is 11.1 Å². The number of benzene rings is 1. The average molecular weight is 251 g/mol. The zero-order valence-electron chi connectivity index (χ0n) is 9.73. The van der Waals surface area contributed by atoms with Crippen LogP contribution in [-0.4, -0.2) is 31.6 Å². The van der Waals surface area contributed by atoms with E-state index in [4.69, 9.17) is 11.1 Å². The molecule has 0 aliphatic rings. The molecule has 7 nitrogen and oxygen atoms in total. The van der Waals surface area contributed by atoms with E-state index in [-0.39, 0.29) is 5.84 Å². The van der Waals surface area contributed by atoms with E-state index in [9.17, 15) is 9.59 Å². The van der Waals surface area contributed by atoms with E-state index in [0.717, 1.165) is 0 Å². The third-order valence-corrected chi connectivity index (χ3v) is 1.99. The number of amidine groups is 1. The zero-order chi connectivity index (χ0) is 13.5. The van der Waals surface area contributed by atoms with Gasteiger partial charge in [0, 0.05) is 11.3 Å². The largest absolute Gasteiger partial charge is 0.466 e. The molecule has 0 unspecified atom stereocenters. The number of anilines is 1. The number of ether oxygens (including phenoxy) is 2. The molecular weight excluding hydrogens is 238 g/mol. The standard InChI is InChI=1S/C11H13N3O4/c1-17-9(15)6-18-11(16)14-8-4-2-7(3-5-8)10(12)13/h2-5H,6H2,1H3,(H3,12,13)(H,14,16). The lowest BCUT2D eigenvalue weighted by Gasteiger charge is -2.06. The van der Waals surface area contributed by atoms with Gasteiger partial charge in [-0.15, -0.1) is 0 Å². The first kappa shape index (κ1) is 13.5. The van der Waals surface area contributed by atoms with Gasteiger partial charge in [0.2, 0.25) is 0 Å². The summed E-state index contributed by atoms with van der Waals surface area (Å²) < 4.78 is 8.90. The van der Waals surface area contributed by atoms with E-state index in [2.05, 4.69) is 14.8 Å². The van der Waals surface area contributed by atoms with E-state index in [1.165, 1.54) is 7.11 Å². The maximum Gasteiger partial charge on any atom is 0.412 e. The third kappa shape index (κ3) is 4.12. The summed E-state index contributed by atoms with van der Waals surface area (Å²) in [4.78, 5) is 22.0. The molecule has 0 saturated heterocycles. The van der Waals surface area contributed by atoms with E-state index >= 15 is 0 Å². The predicted molar refractivity (Wildman–Crippen MR) is 64.4 cm³/mol. The molecule has 0 radical (unpaired) electrons. The number of amides is 1. The molecule has 1 aromatic rings. The van der Waals surface area contributed by atoms with Crippen molar-refractivity contribution in [3.8, 4) is 0 Å². The smallest absolute Gasteiger partial charge is 0.412 e. The van der Waals surface area contributed by atoms with Crippen molar-refractivity contribution in [2.45, 2.75) is 0 Å². The van der Waals surface area contributed by atoms with E-state index < -0.39 is 18.7 Å². The van der Waals surface area contributed by atoms with Crippen molar-refractivity contribution in [3.05, 3.63) is 29.8 Å². The maximum absolute atomic E-state index is 11.2. The fraction of sp³-hybridized carbons (Fsp3) is 0.182. The highest BCUT2D eigenvalue weighted by atomic mass is 16.6. The summed E-state index contributed by atoms with van der Waals surface area (Å²) in [6.07, 6.45) is -0.768. The Bertz CT molecular complexity index is 456. The number of nitrogens with one attached hydrogen (secondary N) is 2. The molecule has 4 N–H and O–H groups in total. The Labute approximate surface area is 103 Å². The zero-order valence-corrected chi connectivity index (χ0v) is 9.73. The Morgan fingerprint density at radius 1 is 1.33 bits per heavy atom. The number of esters is 1. The van der Waals surface area contributed by atoms with Crippen LogP contribution in [0.25, 0.3) is 0 Å². The van der Waals surface area contributed by atoms with Gasteiger partial charge in [-0.1, -0.05) is 0 Å². The van der Waals surface area contributed by atoms with E-state index in [0.29, 0.717) is 11.3 Å². The monoisotopic (exact) mass is 251 g/mol. The molecule has 0 spiro atoms. The molecule has 7 heteroatoms. The second-order valence-electron chi connectivity index (χ2n) is 3.27. The van der Waals surface area contributed by atoms with Gasteiger partial charge in [0.1, 0.15) is 5.84 Å². The molecular formula is C11H13N3O4. The minimum absolute atomic E-state index is 0.0604. The van der Waals surface area contributed by atoms with Crippen LogP contribution in [0.15, 0.2) is 24.3 Å². The van der Waals surface area contributed by atoms with Crippen molar-refractivity contribution in [2.24, 2.45) is 5.73 Å².